The van der Waals surface area contributed by atoms with Gasteiger partial charge in [-0.05, 0) is 49.3 Å². The standard InChI is InChI=1S/C14H20BrNO2S/c1-9-5-10(2)7-12(6-9)19(17,18)14-8-11(15)3-4-13(14)16/h3-4,8-10,12H,5-7,16H2,1-2H3. The molecule has 2 N–H and O–H groups in total. The predicted molar refractivity (Wildman–Crippen MR) is 81.7 cm³/mol. The highest BCUT2D eigenvalue weighted by Gasteiger charge is 2.35. The lowest BCUT2D eigenvalue weighted by atomic mass is 9.83. The fourth-order valence-electron chi connectivity index (χ4n) is 3.06. The quantitative estimate of drug-likeness (QED) is 0.832. The van der Waals surface area contributed by atoms with E-state index in [9.17, 15) is 8.42 Å². The molecule has 19 heavy (non-hydrogen) atoms. The van der Waals surface area contributed by atoms with Gasteiger partial charge in [0.1, 0.15) is 0 Å². The summed E-state index contributed by atoms with van der Waals surface area (Å²) in [6, 6.07) is 5.03. The van der Waals surface area contributed by atoms with Gasteiger partial charge in [-0.2, -0.15) is 0 Å². The van der Waals surface area contributed by atoms with Crippen LogP contribution >= 0.6 is 15.9 Å². The van der Waals surface area contributed by atoms with Crippen LogP contribution < -0.4 is 5.73 Å². The third-order valence-corrected chi connectivity index (χ3v) is 6.58. The van der Waals surface area contributed by atoms with E-state index >= 15 is 0 Å². The molecule has 1 fully saturated rings. The molecule has 0 saturated heterocycles. The van der Waals surface area contributed by atoms with Gasteiger partial charge in [-0.3, -0.25) is 0 Å². The van der Waals surface area contributed by atoms with Crippen LogP contribution in [0.3, 0.4) is 0 Å². The van der Waals surface area contributed by atoms with E-state index in [0.29, 0.717) is 17.5 Å². The van der Waals surface area contributed by atoms with Crippen molar-refractivity contribution >= 4 is 31.5 Å². The van der Waals surface area contributed by atoms with Crippen molar-refractivity contribution in [3.63, 3.8) is 0 Å². The lowest BCUT2D eigenvalue weighted by Crippen LogP contribution is -2.31. The molecule has 2 unspecified atom stereocenters. The van der Waals surface area contributed by atoms with Gasteiger partial charge in [-0.1, -0.05) is 29.8 Å². The number of rotatable bonds is 2. The van der Waals surface area contributed by atoms with Crippen molar-refractivity contribution in [1.29, 1.82) is 0 Å². The second-order valence-electron chi connectivity index (χ2n) is 5.77. The molecule has 2 rings (SSSR count). The summed E-state index contributed by atoms with van der Waals surface area (Å²) in [5.41, 5.74) is 6.19. The van der Waals surface area contributed by atoms with Crippen molar-refractivity contribution in [3.8, 4) is 0 Å². The fraction of sp³-hybridized carbons (Fsp3) is 0.571. The largest absolute Gasteiger partial charge is 0.398 e. The molecule has 0 radical (unpaired) electrons. The van der Waals surface area contributed by atoms with Crippen molar-refractivity contribution in [2.75, 3.05) is 5.73 Å². The fourth-order valence-corrected chi connectivity index (χ4v) is 5.78. The lowest BCUT2D eigenvalue weighted by Gasteiger charge is -2.31. The van der Waals surface area contributed by atoms with Gasteiger partial charge in [-0.15, -0.1) is 0 Å². The summed E-state index contributed by atoms with van der Waals surface area (Å²) in [6.45, 7) is 4.25. The van der Waals surface area contributed by atoms with Gasteiger partial charge >= 0.3 is 0 Å². The zero-order valence-corrected chi connectivity index (χ0v) is 13.7. The number of halogens is 1. The minimum Gasteiger partial charge on any atom is -0.398 e. The minimum atomic E-state index is -3.34. The summed E-state index contributed by atoms with van der Waals surface area (Å²) in [5, 5.41) is -0.303. The zero-order chi connectivity index (χ0) is 14.2. The first-order chi connectivity index (χ1) is 8.80. The molecule has 1 saturated carbocycles. The first-order valence-corrected chi connectivity index (χ1v) is 8.93. The summed E-state index contributed by atoms with van der Waals surface area (Å²) in [5.74, 6) is 0.911. The number of nitrogen functional groups attached to an aromatic ring is 1. The highest BCUT2D eigenvalue weighted by Crippen LogP contribution is 2.37. The maximum absolute atomic E-state index is 12.8. The van der Waals surface area contributed by atoms with Crippen molar-refractivity contribution in [2.45, 2.75) is 43.3 Å². The van der Waals surface area contributed by atoms with Crippen molar-refractivity contribution in [2.24, 2.45) is 11.8 Å². The van der Waals surface area contributed by atoms with Crippen LogP contribution in [0.2, 0.25) is 0 Å². The van der Waals surface area contributed by atoms with Crippen LogP contribution in [-0.4, -0.2) is 13.7 Å². The van der Waals surface area contributed by atoms with E-state index in [4.69, 9.17) is 5.73 Å². The third-order valence-electron chi connectivity index (χ3n) is 3.86. The van der Waals surface area contributed by atoms with Crippen LogP contribution in [0.15, 0.2) is 27.6 Å². The second-order valence-corrected chi connectivity index (χ2v) is 8.88. The Bertz CT molecular complexity index is 561. The van der Waals surface area contributed by atoms with Gasteiger partial charge in [0, 0.05) is 4.47 Å². The molecule has 1 aliphatic carbocycles. The van der Waals surface area contributed by atoms with Crippen LogP contribution in [0.4, 0.5) is 5.69 Å². The van der Waals surface area contributed by atoms with Gasteiger partial charge in [0.15, 0.2) is 9.84 Å². The Morgan fingerprint density at radius 1 is 1.16 bits per heavy atom. The molecular weight excluding hydrogens is 326 g/mol. The summed E-state index contributed by atoms with van der Waals surface area (Å²) in [4.78, 5) is 0.271. The third kappa shape index (κ3) is 3.14. The summed E-state index contributed by atoms with van der Waals surface area (Å²) in [6.07, 6.45) is 2.58. The molecule has 0 aliphatic heterocycles. The Balaban J connectivity index is 2.39. The molecule has 3 nitrogen and oxygen atoms in total. The smallest absolute Gasteiger partial charge is 0.183 e. The zero-order valence-electron chi connectivity index (χ0n) is 11.3. The average Bonchev–Trinajstić information content (AvgIpc) is 2.31. The van der Waals surface area contributed by atoms with Gasteiger partial charge in [-0.25, -0.2) is 8.42 Å². The monoisotopic (exact) mass is 345 g/mol. The number of nitrogens with two attached hydrogens (primary N) is 1. The number of hydrogen-bond donors (Lipinski definition) is 1. The Hall–Kier alpha value is -0.550. The van der Waals surface area contributed by atoms with Crippen molar-refractivity contribution in [3.05, 3.63) is 22.7 Å². The molecular formula is C14H20BrNO2S. The van der Waals surface area contributed by atoms with Gasteiger partial charge < -0.3 is 5.73 Å². The van der Waals surface area contributed by atoms with Gasteiger partial charge in [0.2, 0.25) is 0 Å². The van der Waals surface area contributed by atoms with E-state index in [1.165, 1.54) is 0 Å². The number of benzene rings is 1. The maximum atomic E-state index is 12.8. The van der Waals surface area contributed by atoms with Crippen LogP contribution in [0.25, 0.3) is 0 Å². The molecule has 0 heterocycles. The van der Waals surface area contributed by atoms with E-state index < -0.39 is 9.84 Å². The summed E-state index contributed by atoms with van der Waals surface area (Å²) >= 11 is 3.32. The topological polar surface area (TPSA) is 60.2 Å². The van der Waals surface area contributed by atoms with E-state index in [1.54, 1.807) is 18.2 Å². The first kappa shape index (κ1) is 14.9. The lowest BCUT2D eigenvalue weighted by molar-refractivity contribution is 0.301. The molecule has 0 amide bonds. The van der Waals surface area contributed by atoms with E-state index in [2.05, 4.69) is 29.8 Å². The molecule has 5 heteroatoms. The van der Waals surface area contributed by atoms with Crippen molar-refractivity contribution < 1.29 is 8.42 Å². The molecule has 0 spiro atoms. The molecule has 1 aromatic rings. The number of hydrogen-bond acceptors (Lipinski definition) is 3. The molecule has 1 aliphatic rings. The predicted octanol–water partition coefficient (Wildman–Crippen LogP) is 3.63. The van der Waals surface area contributed by atoms with Crippen molar-refractivity contribution in [1.82, 2.24) is 0 Å². The molecule has 106 valence electrons. The highest BCUT2D eigenvalue weighted by atomic mass is 79.9. The maximum Gasteiger partial charge on any atom is 0.183 e. The minimum absolute atomic E-state index is 0.271. The van der Waals surface area contributed by atoms with E-state index in [-0.39, 0.29) is 10.1 Å². The molecule has 0 aromatic heterocycles. The molecule has 0 bridgehead atoms. The summed E-state index contributed by atoms with van der Waals surface area (Å²) < 4.78 is 26.2. The Labute approximate surface area is 123 Å². The van der Waals surface area contributed by atoms with Gasteiger partial charge in [0.25, 0.3) is 0 Å². The van der Waals surface area contributed by atoms with Gasteiger partial charge in [0.05, 0.1) is 15.8 Å². The Kier molecular flexibility index (Phi) is 4.26. The van der Waals surface area contributed by atoms with E-state index in [1.807, 2.05) is 0 Å². The normalized spacial score (nSPS) is 28.3. The van der Waals surface area contributed by atoms with Crippen LogP contribution in [0.1, 0.15) is 33.1 Å². The molecule has 2 atom stereocenters. The summed E-state index contributed by atoms with van der Waals surface area (Å²) in [7, 11) is -3.34. The SMILES string of the molecule is CC1CC(C)CC(S(=O)(=O)c2cc(Br)ccc2N)C1. The van der Waals surface area contributed by atoms with Crippen LogP contribution in [-0.2, 0) is 9.84 Å². The number of sulfone groups is 1. The van der Waals surface area contributed by atoms with Crippen LogP contribution in [0.5, 0.6) is 0 Å². The second kappa shape index (κ2) is 5.44. The molecule has 1 aromatic carbocycles. The Morgan fingerprint density at radius 3 is 2.32 bits per heavy atom. The first-order valence-electron chi connectivity index (χ1n) is 6.59. The highest BCUT2D eigenvalue weighted by molar-refractivity contribution is 9.10. The Morgan fingerprint density at radius 2 is 1.74 bits per heavy atom. The van der Waals surface area contributed by atoms with E-state index in [0.717, 1.165) is 23.7 Å². The van der Waals surface area contributed by atoms with Crippen LogP contribution in [0, 0.1) is 11.8 Å². The average molecular weight is 346 g/mol. The number of anilines is 1.